The number of nitrogens with zero attached hydrogens (tertiary/aromatic N) is 1. The largest absolute Gasteiger partial charge is 0.468 e. The minimum atomic E-state index is -0.346. The molecule has 1 atom stereocenters. The Bertz CT molecular complexity index is 679. The molecule has 4 heteroatoms. The van der Waals surface area contributed by atoms with Crippen LogP contribution in [-0.4, -0.2) is 29.4 Å². The number of methoxy groups -OCH3 is 1. The van der Waals surface area contributed by atoms with Crippen molar-refractivity contribution in [3.05, 3.63) is 69.8 Å². The van der Waals surface area contributed by atoms with Crippen LogP contribution in [0.15, 0.2) is 36.4 Å². The van der Waals surface area contributed by atoms with E-state index < -0.39 is 0 Å². The zero-order valence-corrected chi connectivity index (χ0v) is 17.9. The highest BCUT2D eigenvalue weighted by Gasteiger charge is 2.21. The summed E-state index contributed by atoms with van der Waals surface area (Å²) in [5.74, 6) is -0.238. The van der Waals surface area contributed by atoms with Crippen LogP contribution in [0.1, 0.15) is 33.4 Å². The molecule has 0 saturated heterocycles. The van der Waals surface area contributed by atoms with Gasteiger partial charge in [0.25, 0.3) is 0 Å². The first-order valence-corrected chi connectivity index (χ1v) is 9.79. The molecule has 140 valence electrons. The zero-order chi connectivity index (χ0) is 19.3. The number of esters is 1. The zero-order valence-electron chi connectivity index (χ0n) is 16.3. The van der Waals surface area contributed by atoms with Crippen LogP contribution in [0.3, 0.4) is 0 Å². The first kappa shape index (κ1) is 20.7. The first-order chi connectivity index (χ1) is 12.3. The maximum atomic E-state index is 11.9. The van der Waals surface area contributed by atoms with Crippen molar-refractivity contribution in [2.75, 3.05) is 13.7 Å². The smallest absolute Gasteiger partial charge is 0.320 e. The number of halogens is 1. The second-order valence-corrected chi connectivity index (χ2v) is 8.01. The molecule has 0 bridgehead atoms. The number of rotatable bonds is 7. The fraction of sp³-hybridized carbons (Fsp3) is 0.409. The summed E-state index contributed by atoms with van der Waals surface area (Å²) in [6.07, 6.45) is 0. The van der Waals surface area contributed by atoms with Crippen molar-refractivity contribution in [3.8, 4) is 0 Å². The Morgan fingerprint density at radius 1 is 0.923 bits per heavy atom. The molecule has 26 heavy (non-hydrogen) atoms. The minimum Gasteiger partial charge on any atom is -0.468 e. The molecular formula is C22H28BrNO2. The van der Waals surface area contributed by atoms with Gasteiger partial charge in [-0.3, -0.25) is 9.69 Å². The van der Waals surface area contributed by atoms with Crippen molar-refractivity contribution in [3.63, 3.8) is 0 Å². The summed E-state index contributed by atoms with van der Waals surface area (Å²) in [5.41, 5.74) is 7.76. The minimum absolute atomic E-state index is 0.238. The second kappa shape index (κ2) is 9.33. The van der Waals surface area contributed by atoms with Gasteiger partial charge in [0.05, 0.1) is 7.11 Å². The highest BCUT2D eigenvalue weighted by molar-refractivity contribution is 9.10. The predicted octanol–water partition coefficient (Wildman–Crippen LogP) is 4.86. The SMILES string of the molecule is COC(=O)C(Br)CN(Cc1c(C)cccc1C)Cc1c(C)cccc1C. The maximum absolute atomic E-state index is 11.9. The van der Waals surface area contributed by atoms with Crippen LogP contribution in [0.2, 0.25) is 0 Å². The van der Waals surface area contributed by atoms with E-state index in [4.69, 9.17) is 4.74 Å². The van der Waals surface area contributed by atoms with Crippen LogP contribution in [-0.2, 0) is 22.6 Å². The average molecular weight is 418 g/mol. The van der Waals surface area contributed by atoms with Crippen molar-refractivity contribution in [1.29, 1.82) is 0 Å². The van der Waals surface area contributed by atoms with Crippen LogP contribution < -0.4 is 0 Å². The van der Waals surface area contributed by atoms with Crippen molar-refractivity contribution in [2.45, 2.75) is 45.6 Å². The lowest BCUT2D eigenvalue weighted by atomic mass is 10.00. The van der Waals surface area contributed by atoms with Gasteiger partial charge in [0.1, 0.15) is 4.83 Å². The third kappa shape index (κ3) is 5.18. The monoisotopic (exact) mass is 417 g/mol. The van der Waals surface area contributed by atoms with Gasteiger partial charge in [-0.25, -0.2) is 0 Å². The number of hydrogen-bond donors (Lipinski definition) is 0. The number of alkyl halides is 1. The Balaban J connectivity index is 2.31. The molecule has 0 heterocycles. The summed E-state index contributed by atoms with van der Waals surface area (Å²) >= 11 is 3.49. The van der Waals surface area contributed by atoms with Gasteiger partial charge in [0, 0.05) is 19.6 Å². The molecule has 0 fully saturated rings. The normalized spacial score (nSPS) is 12.3. The van der Waals surface area contributed by atoms with Gasteiger partial charge in [-0.2, -0.15) is 0 Å². The molecule has 2 aromatic rings. The molecule has 0 N–H and O–H groups in total. The molecule has 0 saturated carbocycles. The Morgan fingerprint density at radius 2 is 1.31 bits per heavy atom. The van der Waals surface area contributed by atoms with E-state index in [0.29, 0.717) is 6.54 Å². The molecule has 0 aliphatic carbocycles. The fourth-order valence-corrected chi connectivity index (χ4v) is 3.85. The van der Waals surface area contributed by atoms with Crippen LogP contribution in [0.5, 0.6) is 0 Å². The van der Waals surface area contributed by atoms with E-state index in [1.54, 1.807) is 0 Å². The number of aryl methyl sites for hydroxylation is 4. The second-order valence-electron chi connectivity index (χ2n) is 6.90. The van der Waals surface area contributed by atoms with Gasteiger partial charge in [0.2, 0.25) is 0 Å². The standard InChI is InChI=1S/C22H28BrNO2/c1-15-8-6-9-16(2)19(15)12-24(14-21(23)22(25)26-5)13-20-17(3)10-7-11-18(20)4/h6-11,21H,12-14H2,1-5H3. The van der Waals surface area contributed by atoms with E-state index in [1.807, 2.05) is 0 Å². The van der Waals surface area contributed by atoms with Gasteiger partial charge >= 0.3 is 5.97 Å². The van der Waals surface area contributed by atoms with Crippen LogP contribution in [0.4, 0.5) is 0 Å². The molecular weight excluding hydrogens is 390 g/mol. The summed E-state index contributed by atoms with van der Waals surface area (Å²) in [5, 5.41) is 0. The molecule has 2 rings (SSSR count). The molecule has 0 aromatic heterocycles. The van der Waals surface area contributed by atoms with E-state index in [-0.39, 0.29) is 10.8 Å². The Kier molecular flexibility index (Phi) is 7.42. The van der Waals surface area contributed by atoms with Crippen molar-refractivity contribution in [2.24, 2.45) is 0 Å². The van der Waals surface area contributed by atoms with Gasteiger partial charge in [0.15, 0.2) is 0 Å². The highest BCUT2D eigenvalue weighted by Crippen LogP contribution is 2.22. The lowest BCUT2D eigenvalue weighted by molar-refractivity contribution is -0.140. The van der Waals surface area contributed by atoms with E-state index in [9.17, 15) is 4.79 Å². The molecule has 0 amide bonds. The maximum Gasteiger partial charge on any atom is 0.320 e. The predicted molar refractivity (Wildman–Crippen MR) is 111 cm³/mol. The third-order valence-electron chi connectivity index (χ3n) is 4.93. The summed E-state index contributed by atoms with van der Waals surface area (Å²) < 4.78 is 4.90. The topological polar surface area (TPSA) is 29.5 Å². The number of benzene rings is 2. The Labute approximate surface area is 165 Å². The number of carbonyl (C=O) groups is 1. The van der Waals surface area contributed by atoms with Gasteiger partial charge in [-0.05, 0) is 61.1 Å². The van der Waals surface area contributed by atoms with E-state index in [0.717, 1.165) is 13.1 Å². The number of hydrogen-bond acceptors (Lipinski definition) is 3. The van der Waals surface area contributed by atoms with Crippen LogP contribution in [0, 0.1) is 27.7 Å². The Hall–Kier alpha value is -1.65. The fourth-order valence-electron chi connectivity index (χ4n) is 3.26. The van der Waals surface area contributed by atoms with E-state index >= 15 is 0 Å². The van der Waals surface area contributed by atoms with Crippen molar-refractivity contribution < 1.29 is 9.53 Å². The van der Waals surface area contributed by atoms with Gasteiger partial charge < -0.3 is 4.74 Å². The third-order valence-corrected chi connectivity index (χ3v) is 5.59. The molecule has 1 unspecified atom stereocenters. The van der Waals surface area contributed by atoms with Crippen molar-refractivity contribution >= 4 is 21.9 Å². The summed E-state index contributed by atoms with van der Waals surface area (Å²) in [6, 6.07) is 12.8. The Morgan fingerprint density at radius 3 is 1.65 bits per heavy atom. The van der Waals surface area contributed by atoms with Gasteiger partial charge in [-0.1, -0.05) is 52.3 Å². The highest BCUT2D eigenvalue weighted by atomic mass is 79.9. The summed E-state index contributed by atoms with van der Waals surface area (Å²) in [6.45, 7) is 10.8. The lowest BCUT2D eigenvalue weighted by Gasteiger charge is -2.27. The quantitative estimate of drug-likeness (QED) is 0.475. The van der Waals surface area contributed by atoms with Crippen LogP contribution in [0.25, 0.3) is 0 Å². The van der Waals surface area contributed by atoms with E-state index in [1.165, 1.54) is 40.5 Å². The lowest BCUT2D eigenvalue weighted by Crippen LogP contribution is -2.34. The average Bonchev–Trinajstić information content (AvgIpc) is 2.60. The molecule has 0 aliphatic rings. The first-order valence-electron chi connectivity index (χ1n) is 8.88. The molecule has 3 nitrogen and oxygen atoms in total. The molecule has 0 aliphatic heterocycles. The number of carbonyl (C=O) groups excluding carboxylic acids is 1. The summed E-state index contributed by atoms with van der Waals surface area (Å²) in [4.78, 5) is 13.9. The van der Waals surface area contributed by atoms with Crippen molar-refractivity contribution in [1.82, 2.24) is 4.90 Å². The van der Waals surface area contributed by atoms with E-state index in [2.05, 4.69) is 84.9 Å². The molecule has 0 spiro atoms. The molecule has 2 aromatic carbocycles. The van der Waals surface area contributed by atoms with Gasteiger partial charge in [-0.15, -0.1) is 0 Å². The van der Waals surface area contributed by atoms with Crippen LogP contribution >= 0.6 is 15.9 Å². The molecule has 0 radical (unpaired) electrons. The summed E-state index contributed by atoms with van der Waals surface area (Å²) in [7, 11) is 1.43. The number of ether oxygens (including phenoxy) is 1.